The normalized spacial score (nSPS) is 16.0. The molecule has 0 aliphatic carbocycles. The van der Waals surface area contributed by atoms with E-state index in [0.29, 0.717) is 26.4 Å². The summed E-state index contributed by atoms with van der Waals surface area (Å²) < 4.78 is 11.5. The van der Waals surface area contributed by atoms with Crippen molar-refractivity contribution in [2.75, 3.05) is 39.6 Å². The molecule has 0 aromatic rings. The quantitative estimate of drug-likeness (QED) is 0.582. The predicted molar refractivity (Wildman–Crippen MR) is 86.4 cm³/mol. The van der Waals surface area contributed by atoms with Gasteiger partial charge in [0.1, 0.15) is 0 Å². The number of hydrogen-bond acceptors (Lipinski definition) is 4. The Morgan fingerprint density at radius 1 is 0.714 bits per heavy atom. The van der Waals surface area contributed by atoms with Crippen LogP contribution in [-0.2, 0) is 9.47 Å². The molecule has 1 unspecified atom stereocenters. The van der Waals surface area contributed by atoms with Crippen LogP contribution in [0.3, 0.4) is 0 Å². The summed E-state index contributed by atoms with van der Waals surface area (Å²) in [7, 11) is 0. The van der Waals surface area contributed by atoms with Gasteiger partial charge in [0.05, 0.1) is 39.6 Å². The second kappa shape index (κ2) is 9.09. The molecule has 0 aliphatic heterocycles. The Morgan fingerprint density at radius 2 is 1.19 bits per heavy atom. The van der Waals surface area contributed by atoms with Gasteiger partial charge in [0.25, 0.3) is 0 Å². The molecule has 0 aromatic carbocycles. The summed E-state index contributed by atoms with van der Waals surface area (Å²) in [6.45, 7) is 14.9. The van der Waals surface area contributed by atoms with E-state index in [1.807, 2.05) is 13.8 Å². The van der Waals surface area contributed by atoms with Crippen LogP contribution in [0.15, 0.2) is 0 Å². The zero-order valence-corrected chi connectivity index (χ0v) is 14.9. The van der Waals surface area contributed by atoms with Gasteiger partial charge in [-0.05, 0) is 6.42 Å². The fourth-order valence-electron chi connectivity index (χ4n) is 2.07. The smallest absolute Gasteiger partial charge is 0.0542 e. The largest absolute Gasteiger partial charge is 0.396 e. The first-order chi connectivity index (χ1) is 9.60. The van der Waals surface area contributed by atoms with Crippen molar-refractivity contribution in [2.24, 2.45) is 16.2 Å². The lowest BCUT2D eigenvalue weighted by molar-refractivity contribution is -0.0570. The molecule has 0 radical (unpaired) electrons. The summed E-state index contributed by atoms with van der Waals surface area (Å²) in [5.74, 6) is 0. The summed E-state index contributed by atoms with van der Waals surface area (Å²) >= 11 is 0. The molecule has 0 heterocycles. The van der Waals surface area contributed by atoms with E-state index < -0.39 is 0 Å². The highest BCUT2D eigenvalue weighted by atomic mass is 16.5. The maximum absolute atomic E-state index is 9.48. The van der Waals surface area contributed by atoms with E-state index in [2.05, 4.69) is 27.7 Å². The lowest BCUT2D eigenvalue weighted by Gasteiger charge is -2.31. The second-order valence-electron chi connectivity index (χ2n) is 8.19. The van der Waals surface area contributed by atoms with E-state index >= 15 is 0 Å². The topological polar surface area (TPSA) is 58.9 Å². The zero-order chi connectivity index (χ0) is 16.6. The average molecular weight is 304 g/mol. The third-order valence-corrected chi connectivity index (χ3v) is 3.59. The molecule has 0 rings (SSSR count). The molecular formula is C17H36O4. The van der Waals surface area contributed by atoms with E-state index in [1.54, 1.807) is 0 Å². The second-order valence-corrected chi connectivity index (χ2v) is 8.19. The van der Waals surface area contributed by atoms with Gasteiger partial charge in [-0.3, -0.25) is 0 Å². The van der Waals surface area contributed by atoms with Crippen molar-refractivity contribution >= 4 is 0 Å². The summed E-state index contributed by atoms with van der Waals surface area (Å²) in [4.78, 5) is 0. The van der Waals surface area contributed by atoms with Crippen molar-refractivity contribution < 1.29 is 19.7 Å². The summed E-state index contributed by atoms with van der Waals surface area (Å²) in [5, 5.41) is 18.7. The Labute approximate surface area is 130 Å². The fraction of sp³-hybridized carbons (Fsp3) is 1.00. The first-order valence-corrected chi connectivity index (χ1v) is 7.97. The lowest BCUT2D eigenvalue weighted by Crippen LogP contribution is -2.33. The summed E-state index contributed by atoms with van der Waals surface area (Å²) in [6.07, 6.45) is 2.01. The summed E-state index contributed by atoms with van der Waals surface area (Å²) in [5.41, 5.74) is -0.424. The van der Waals surface area contributed by atoms with Crippen LogP contribution in [0.4, 0.5) is 0 Å². The number of aliphatic hydroxyl groups is 2. The van der Waals surface area contributed by atoms with Crippen molar-refractivity contribution in [2.45, 2.75) is 54.4 Å². The maximum Gasteiger partial charge on any atom is 0.0542 e. The first kappa shape index (κ1) is 20.8. The molecule has 128 valence electrons. The van der Waals surface area contributed by atoms with Gasteiger partial charge in [-0.2, -0.15) is 0 Å². The van der Waals surface area contributed by atoms with Crippen LogP contribution in [0.1, 0.15) is 54.4 Å². The van der Waals surface area contributed by atoms with E-state index in [4.69, 9.17) is 9.47 Å². The zero-order valence-electron chi connectivity index (χ0n) is 14.9. The van der Waals surface area contributed by atoms with Crippen molar-refractivity contribution in [1.82, 2.24) is 0 Å². The van der Waals surface area contributed by atoms with Crippen LogP contribution in [0.2, 0.25) is 0 Å². The fourth-order valence-corrected chi connectivity index (χ4v) is 2.07. The maximum atomic E-state index is 9.48. The predicted octanol–water partition coefficient (Wildman–Crippen LogP) is 2.86. The van der Waals surface area contributed by atoms with E-state index in [0.717, 1.165) is 12.8 Å². The Bertz CT molecular complexity index is 276. The van der Waals surface area contributed by atoms with Crippen LogP contribution < -0.4 is 0 Å². The molecule has 4 heteroatoms. The van der Waals surface area contributed by atoms with Crippen LogP contribution in [-0.4, -0.2) is 49.9 Å². The Kier molecular flexibility index (Phi) is 9.02. The molecule has 0 fully saturated rings. The van der Waals surface area contributed by atoms with Crippen LogP contribution in [0, 0.1) is 16.2 Å². The molecule has 0 bridgehead atoms. The van der Waals surface area contributed by atoms with Gasteiger partial charge in [-0.15, -0.1) is 0 Å². The number of rotatable bonds is 12. The van der Waals surface area contributed by atoms with Crippen molar-refractivity contribution in [3.63, 3.8) is 0 Å². The highest BCUT2D eigenvalue weighted by Gasteiger charge is 2.26. The highest BCUT2D eigenvalue weighted by molar-refractivity contribution is 4.74. The van der Waals surface area contributed by atoms with Crippen LogP contribution in [0.5, 0.6) is 0 Å². The molecule has 0 aromatic heterocycles. The molecule has 21 heavy (non-hydrogen) atoms. The van der Waals surface area contributed by atoms with Gasteiger partial charge < -0.3 is 19.7 Å². The van der Waals surface area contributed by atoms with E-state index in [-0.39, 0.29) is 29.5 Å². The van der Waals surface area contributed by atoms with Crippen LogP contribution in [0.25, 0.3) is 0 Å². The average Bonchev–Trinajstić information content (AvgIpc) is 2.38. The highest BCUT2D eigenvalue weighted by Crippen LogP contribution is 2.25. The van der Waals surface area contributed by atoms with Crippen molar-refractivity contribution in [3.8, 4) is 0 Å². The Morgan fingerprint density at radius 3 is 1.62 bits per heavy atom. The molecule has 1 atom stereocenters. The van der Waals surface area contributed by atoms with Gasteiger partial charge >= 0.3 is 0 Å². The Balaban J connectivity index is 4.07. The van der Waals surface area contributed by atoms with E-state index in [9.17, 15) is 10.2 Å². The minimum Gasteiger partial charge on any atom is -0.396 e. The standard InChI is InChI=1S/C17H36O4/c1-7-8-17(6,10-19)14-21-13-16(4,5)12-20-11-15(2,3)9-18/h18-19H,7-14H2,1-6H3. The number of hydrogen-bond donors (Lipinski definition) is 2. The van der Waals surface area contributed by atoms with Gasteiger partial charge in [0.2, 0.25) is 0 Å². The molecule has 0 aliphatic rings. The SMILES string of the molecule is CCCC(C)(CO)COCC(C)(C)COCC(C)(C)CO. The molecule has 0 amide bonds. The van der Waals surface area contributed by atoms with Gasteiger partial charge in [-0.1, -0.05) is 48.0 Å². The number of aliphatic hydroxyl groups excluding tert-OH is 2. The molecule has 4 nitrogen and oxygen atoms in total. The third kappa shape index (κ3) is 9.46. The van der Waals surface area contributed by atoms with E-state index in [1.165, 1.54) is 0 Å². The minimum absolute atomic E-state index is 0.0753. The monoisotopic (exact) mass is 304 g/mol. The molecule has 2 N–H and O–H groups in total. The first-order valence-electron chi connectivity index (χ1n) is 7.97. The van der Waals surface area contributed by atoms with Gasteiger partial charge in [0.15, 0.2) is 0 Å². The van der Waals surface area contributed by atoms with Gasteiger partial charge in [0, 0.05) is 16.2 Å². The molecule has 0 saturated heterocycles. The summed E-state index contributed by atoms with van der Waals surface area (Å²) in [6, 6.07) is 0. The van der Waals surface area contributed by atoms with Crippen molar-refractivity contribution in [1.29, 1.82) is 0 Å². The molecule has 0 spiro atoms. The number of ether oxygens (including phenoxy) is 2. The van der Waals surface area contributed by atoms with Crippen molar-refractivity contribution in [3.05, 3.63) is 0 Å². The molecular weight excluding hydrogens is 268 g/mol. The third-order valence-electron chi connectivity index (χ3n) is 3.59. The van der Waals surface area contributed by atoms with Gasteiger partial charge in [-0.25, -0.2) is 0 Å². The Hall–Kier alpha value is -0.160. The molecule has 0 saturated carbocycles. The lowest BCUT2D eigenvalue weighted by atomic mass is 9.87. The van der Waals surface area contributed by atoms with Crippen LogP contribution >= 0.6 is 0 Å². The minimum atomic E-state index is -0.201.